The Labute approximate surface area is 101 Å². The molecule has 0 radical (unpaired) electrons. The van der Waals surface area contributed by atoms with Crippen LogP contribution < -0.4 is 5.73 Å². The molecule has 0 spiro atoms. The normalized spacial score (nSPS) is 10.5. The van der Waals surface area contributed by atoms with Crippen molar-refractivity contribution in [1.29, 1.82) is 0 Å². The van der Waals surface area contributed by atoms with Crippen molar-refractivity contribution in [2.45, 2.75) is 20.3 Å². The highest BCUT2D eigenvalue weighted by atomic mass is 16.5. The molecule has 1 aromatic rings. The molecule has 1 rings (SSSR count). The Bertz CT molecular complexity index is 388. The first-order valence-corrected chi connectivity index (χ1v) is 5.61. The summed E-state index contributed by atoms with van der Waals surface area (Å²) < 4.78 is 11.7. The summed E-state index contributed by atoms with van der Waals surface area (Å²) in [4.78, 5) is 11.7. The molecule has 0 saturated carbocycles. The van der Waals surface area contributed by atoms with Crippen molar-refractivity contribution >= 4 is 11.7 Å². The van der Waals surface area contributed by atoms with Crippen LogP contribution in [0.3, 0.4) is 0 Å². The summed E-state index contributed by atoms with van der Waals surface area (Å²) in [6, 6.07) is 0. The minimum absolute atomic E-state index is 0.305. The Kier molecular flexibility index (Phi) is 4.96. The van der Waals surface area contributed by atoms with Gasteiger partial charge in [0.1, 0.15) is 0 Å². The maximum atomic E-state index is 11.7. The molecule has 0 aliphatic rings. The molecule has 1 aromatic heterocycles. The zero-order valence-corrected chi connectivity index (χ0v) is 10.5. The quantitative estimate of drug-likeness (QED) is 0.591. The number of nitrogen functional groups attached to an aromatic ring is 1. The predicted octanol–water partition coefficient (Wildman–Crippen LogP) is 0.894. The molecule has 0 saturated heterocycles. The fourth-order valence-electron chi connectivity index (χ4n) is 1.46. The van der Waals surface area contributed by atoms with Crippen molar-refractivity contribution in [1.82, 2.24) is 9.78 Å². The number of hydrogen-bond acceptors (Lipinski definition) is 5. The molecule has 0 unspecified atom stereocenters. The van der Waals surface area contributed by atoms with E-state index < -0.39 is 5.97 Å². The maximum Gasteiger partial charge on any atom is 0.358 e. The molecule has 0 fully saturated rings. The summed E-state index contributed by atoms with van der Waals surface area (Å²) in [7, 11) is 1.67. The summed E-state index contributed by atoms with van der Waals surface area (Å²) in [5.41, 5.74) is 7.06. The molecular weight excluding hydrogens is 222 g/mol. The molecule has 0 aromatic carbocycles. The highest BCUT2D eigenvalue weighted by molar-refractivity contribution is 5.93. The predicted molar refractivity (Wildman–Crippen MR) is 63.7 cm³/mol. The van der Waals surface area contributed by atoms with Gasteiger partial charge in [-0.1, -0.05) is 0 Å². The number of esters is 1. The number of hydrogen-bond donors (Lipinski definition) is 1. The Morgan fingerprint density at radius 1 is 1.47 bits per heavy atom. The molecule has 96 valence electrons. The van der Waals surface area contributed by atoms with Crippen molar-refractivity contribution in [2.75, 3.05) is 25.6 Å². The van der Waals surface area contributed by atoms with E-state index in [1.165, 1.54) is 4.68 Å². The molecule has 0 aliphatic carbocycles. The van der Waals surface area contributed by atoms with Crippen LogP contribution in [0.25, 0.3) is 0 Å². The number of anilines is 1. The second-order valence-corrected chi connectivity index (χ2v) is 3.66. The smallest absolute Gasteiger partial charge is 0.358 e. The van der Waals surface area contributed by atoms with Crippen LogP contribution in [-0.2, 0) is 16.5 Å². The number of carbonyl (C=O) groups is 1. The van der Waals surface area contributed by atoms with Gasteiger partial charge in [-0.25, -0.2) is 4.79 Å². The highest BCUT2D eigenvalue weighted by Gasteiger charge is 2.18. The van der Waals surface area contributed by atoms with Crippen molar-refractivity contribution in [3.8, 4) is 0 Å². The maximum absolute atomic E-state index is 11.7. The van der Waals surface area contributed by atoms with Gasteiger partial charge >= 0.3 is 5.97 Å². The van der Waals surface area contributed by atoms with Crippen LogP contribution >= 0.6 is 0 Å². The average molecular weight is 241 g/mol. The first-order chi connectivity index (χ1) is 8.07. The van der Waals surface area contributed by atoms with Gasteiger partial charge < -0.3 is 15.2 Å². The van der Waals surface area contributed by atoms with E-state index in [1.807, 2.05) is 6.92 Å². The number of nitrogens with two attached hydrogens (primary N) is 1. The molecule has 6 heteroatoms. The van der Waals surface area contributed by atoms with E-state index in [0.717, 1.165) is 0 Å². The SMILES string of the molecule is CCOCCCOC(=O)c1c(N)c(C)nn1C. The average Bonchev–Trinajstić information content (AvgIpc) is 2.53. The van der Waals surface area contributed by atoms with Crippen LogP contribution in [0.1, 0.15) is 29.5 Å². The third-order valence-corrected chi connectivity index (χ3v) is 2.33. The molecule has 0 bridgehead atoms. The molecule has 6 nitrogen and oxygen atoms in total. The van der Waals surface area contributed by atoms with Crippen LogP contribution in [0, 0.1) is 6.92 Å². The van der Waals surface area contributed by atoms with E-state index in [9.17, 15) is 4.79 Å². The van der Waals surface area contributed by atoms with Gasteiger partial charge in [-0.15, -0.1) is 0 Å². The molecule has 2 N–H and O–H groups in total. The summed E-state index contributed by atoms with van der Waals surface area (Å²) in [6.07, 6.45) is 0.677. The molecular formula is C11H19N3O3. The molecule has 17 heavy (non-hydrogen) atoms. The Hall–Kier alpha value is -1.56. The highest BCUT2D eigenvalue weighted by Crippen LogP contribution is 2.16. The number of aryl methyl sites for hydroxylation is 2. The molecule has 0 aliphatic heterocycles. The number of aromatic nitrogens is 2. The summed E-state index contributed by atoms with van der Waals surface area (Å²) in [5, 5.41) is 4.06. The zero-order valence-electron chi connectivity index (χ0n) is 10.5. The van der Waals surface area contributed by atoms with E-state index in [2.05, 4.69) is 5.10 Å². The lowest BCUT2D eigenvalue weighted by Gasteiger charge is -2.05. The lowest BCUT2D eigenvalue weighted by Crippen LogP contribution is -2.14. The summed E-state index contributed by atoms with van der Waals surface area (Å²) in [6.45, 7) is 5.25. The Balaban J connectivity index is 2.47. The van der Waals surface area contributed by atoms with Gasteiger partial charge in [0.15, 0.2) is 5.69 Å². The number of carbonyl (C=O) groups excluding carboxylic acids is 1. The standard InChI is InChI=1S/C11H19N3O3/c1-4-16-6-5-7-17-11(15)10-9(12)8(2)13-14(10)3/h4-7,12H2,1-3H3. The van der Waals surface area contributed by atoms with Crippen LogP contribution in [0.2, 0.25) is 0 Å². The van der Waals surface area contributed by atoms with Gasteiger partial charge in [-0.05, 0) is 13.8 Å². The first kappa shape index (κ1) is 13.5. The van der Waals surface area contributed by atoms with E-state index in [1.54, 1.807) is 14.0 Å². The topological polar surface area (TPSA) is 79.4 Å². The molecule has 0 amide bonds. The number of ether oxygens (including phenoxy) is 2. The van der Waals surface area contributed by atoms with Gasteiger partial charge in [0.2, 0.25) is 0 Å². The lowest BCUT2D eigenvalue weighted by molar-refractivity contribution is 0.0441. The Morgan fingerprint density at radius 2 is 2.18 bits per heavy atom. The minimum Gasteiger partial charge on any atom is -0.461 e. The fourth-order valence-corrected chi connectivity index (χ4v) is 1.46. The number of rotatable bonds is 6. The largest absolute Gasteiger partial charge is 0.461 e. The monoisotopic (exact) mass is 241 g/mol. The van der Waals surface area contributed by atoms with E-state index in [0.29, 0.717) is 43.3 Å². The lowest BCUT2D eigenvalue weighted by atomic mass is 10.3. The minimum atomic E-state index is -0.443. The van der Waals surface area contributed by atoms with Crippen molar-refractivity contribution in [2.24, 2.45) is 7.05 Å². The second kappa shape index (κ2) is 6.24. The van der Waals surface area contributed by atoms with E-state index in [4.69, 9.17) is 15.2 Å². The summed E-state index contributed by atoms with van der Waals surface area (Å²) >= 11 is 0. The van der Waals surface area contributed by atoms with Gasteiger partial charge in [0, 0.05) is 26.7 Å². The van der Waals surface area contributed by atoms with E-state index >= 15 is 0 Å². The third kappa shape index (κ3) is 3.45. The fraction of sp³-hybridized carbons (Fsp3) is 0.636. The molecule has 0 atom stereocenters. The van der Waals surface area contributed by atoms with Crippen LogP contribution in [0.4, 0.5) is 5.69 Å². The zero-order chi connectivity index (χ0) is 12.8. The van der Waals surface area contributed by atoms with Gasteiger partial charge in [0.05, 0.1) is 18.0 Å². The van der Waals surface area contributed by atoms with Crippen LogP contribution in [0.5, 0.6) is 0 Å². The van der Waals surface area contributed by atoms with Crippen LogP contribution in [-0.4, -0.2) is 35.6 Å². The van der Waals surface area contributed by atoms with Gasteiger partial charge in [-0.3, -0.25) is 4.68 Å². The van der Waals surface area contributed by atoms with Gasteiger partial charge in [0.25, 0.3) is 0 Å². The number of nitrogens with zero attached hydrogens (tertiary/aromatic N) is 2. The summed E-state index contributed by atoms with van der Waals surface area (Å²) in [5.74, 6) is -0.443. The van der Waals surface area contributed by atoms with Gasteiger partial charge in [-0.2, -0.15) is 5.10 Å². The van der Waals surface area contributed by atoms with Crippen molar-refractivity contribution in [3.05, 3.63) is 11.4 Å². The van der Waals surface area contributed by atoms with E-state index in [-0.39, 0.29) is 0 Å². The Morgan fingerprint density at radius 3 is 2.71 bits per heavy atom. The third-order valence-electron chi connectivity index (χ3n) is 2.33. The first-order valence-electron chi connectivity index (χ1n) is 5.61. The van der Waals surface area contributed by atoms with Crippen molar-refractivity contribution in [3.63, 3.8) is 0 Å². The molecule has 1 heterocycles. The second-order valence-electron chi connectivity index (χ2n) is 3.66. The van der Waals surface area contributed by atoms with Crippen LogP contribution in [0.15, 0.2) is 0 Å². The van der Waals surface area contributed by atoms with Crippen molar-refractivity contribution < 1.29 is 14.3 Å².